The number of carboxylic acid groups (broad SMARTS) is 2. The highest BCUT2D eigenvalue weighted by molar-refractivity contribution is 9.11. The Bertz CT molecular complexity index is 2470. The summed E-state index contributed by atoms with van der Waals surface area (Å²) in [6, 6.07) is -0.729. The number of anilines is 1. The summed E-state index contributed by atoms with van der Waals surface area (Å²) in [6.45, 7) is 20.1. The van der Waals surface area contributed by atoms with E-state index in [2.05, 4.69) is 61.8 Å². The number of nitrogens with one attached hydrogen (secondary N) is 1. The lowest BCUT2D eigenvalue weighted by Crippen LogP contribution is -2.57. The third-order valence-electron chi connectivity index (χ3n) is 8.62. The average molecular weight is 1240 g/mol. The van der Waals surface area contributed by atoms with E-state index < -0.39 is 52.4 Å². The fourth-order valence-electron chi connectivity index (χ4n) is 5.67. The minimum Gasteiger partial charge on any atom is -0.476 e. The largest absolute Gasteiger partial charge is 0.476 e. The molecule has 2 aliphatic heterocycles. The maximum absolute atomic E-state index is 12.8. The molecule has 0 bridgehead atoms. The van der Waals surface area contributed by atoms with Crippen LogP contribution < -0.4 is 10.2 Å². The van der Waals surface area contributed by atoms with Gasteiger partial charge in [-0.15, -0.1) is 34.0 Å². The van der Waals surface area contributed by atoms with Crippen LogP contribution in [0.1, 0.15) is 98.7 Å². The first-order chi connectivity index (χ1) is 33.7. The molecule has 73 heavy (non-hydrogen) atoms. The van der Waals surface area contributed by atoms with E-state index in [9.17, 15) is 42.3 Å². The van der Waals surface area contributed by atoms with Gasteiger partial charge in [-0.2, -0.15) is 22.8 Å². The van der Waals surface area contributed by atoms with E-state index >= 15 is 0 Å². The van der Waals surface area contributed by atoms with Gasteiger partial charge in [-0.05, 0) is 101 Å². The number of aryl methyl sites for hydroxylation is 4. The summed E-state index contributed by atoms with van der Waals surface area (Å²) < 4.78 is 54.9. The maximum atomic E-state index is 12.8. The third kappa shape index (κ3) is 23.6. The van der Waals surface area contributed by atoms with Crippen molar-refractivity contribution in [3.8, 4) is 0 Å². The molecular formula is C42H57Br2F3N8O14S4. The molecule has 2 unspecified atom stereocenters. The number of amides is 2. The second-order valence-electron chi connectivity index (χ2n) is 16.7. The highest BCUT2D eigenvalue weighted by Crippen LogP contribution is 2.39. The predicted octanol–water partition coefficient (Wildman–Crippen LogP) is 7.55. The molecule has 2 fully saturated rings. The van der Waals surface area contributed by atoms with Gasteiger partial charge >= 0.3 is 42.4 Å². The van der Waals surface area contributed by atoms with Crippen LogP contribution in [0.25, 0.3) is 0 Å². The molecule has 2 amide bonds. The number of nitrogens with zero attached hydrogens (tertiary/aromatic N) is 7. The van der Waals surface area contributed by atoms with Crippen LogP contribution >= 0.6 is 77.2 Å². The van der Waals surface area contributed by atoms with Gasteiger partial charge in [-0.25, -0.2) is 43.9 Å². The topological polar surface area (TPSA) is 301 Å². The van der Waals surface area contributed by atoms with Gasteiger partial charge in [-0.3, -0.25) is 4.90 Å². The maximum Gasteiger partial charge on any atom is 0.443 e. The lowest BCUT2D eigenvalue weighted by molar-refractivity contribution is -0.191. The molecule has 4 aromatic heterocycles. The summed E-state index contributed by atoms with van der Waals surface area (Å²) in [7, 11) is 1.34. The van der Waals surface area contributed by atoms with E-state index in [1.54, 1.807) is 44.4 Å². The van der Waals surface area contributed by atoms with Crippen molar-refractivity contribution in [2.24, 2.45) is 0 Å². The molecule has 0 saturated carbocycles. The Labute approximate surface area is 451 Å². The van der Waals surface area contributed by atoms with E-state index in [1.807, 2.05) is 27.7 Å². The zero-order chi connectivity index (χ0) is 56.2. The smallest absolute Gasteiger partial charge is 0.443 e. The molecule has 2 aliphatic rings. The summed E-state index contributed by atoms with van der Waals surface area (Å²) in [6.07, 6.45) is -5.12. The summed E-state index contributed by atoms with van der Waals surface area (Å²) in [5.41, 5.74) is -0.263. The van der Waals surface area contributed by atoms with Crippen LogP contribution in [-0.2, 0) is 30.0 Å². The van der Waals surface area contributed by atoms with E-state index in [-0.39, 0.29) is 56.0 Å². The first-order valence-corrected chi connectivity index (χ1v) is 26.1. The number of hydrogen-bond acceptors (Lipinski definition) is 22. The number of alkyl halides is 3. The van der Waals surface area contributed by atoms with E-state index in [4.69, 9.17) is 34.4 Å². The number of aliphatic hydroxyl groups is 2. The van der Waals surface area contributed by atoms with Crippen molar-refractivity contribution in [1.29, 1.82) is 0 Å². The molecule has 2 saturated heterocycles. The SMILES string of the molecule is CC(C)(C)OC(=O)N1CCNCC1CO.COC(=O)c1nc(C)sc1Br.Cc1nc(C(=O)O)c(Br)s1.Cc1nc(C(=O)O)cs1.Cc1nc(C(F)(F)F)sc1N1CCN(C(=O)OC(C)(C)C)C(CO)C1.O=C=O. The highest BCUT2D eigenvalue weighted by atomic mass is 79.9. The van der Waals surface area contributed by atoms with Crippen molar-refractivity contribution in [2.75, 3.05) is 64.5 Å². The molecule has 22 nitrogen and oxygen atoms in total. The van der Waals surface area contributed by atoms with Gasteiger partial charge < -0.3 is 49.8 Å². The van der Waals surface area contributed by atoms with Crippen LogP contribution in [-0.4, -0.2) is 169 Å². The number of aromatic nitrogens is 4. The van der Waals surface area contributed by atoms with Crippen LogP contribution in [0.4, 0.5) is 27.8 Å². The monoisotopic (exact) mass is 1240 g/mol. The van der Waals surface area contributed by atoms with Gasteiger partial charge in [0.1, 0.15) is 23.8 Å². The number of esters is 1. The van der Waals surface area contributed by atoms with Crippen LogP contribution in [0.15, 0.2) is 13.0 Å². The molecule has 0 aromatic carbocycles. The second-order valence-corrected chi connectivity index (χ2v) is 23.8. The average Bonchev–Trinajstić information content (AvgIpc) is 4.08. The quantitative estimate of drug-likeness (QED) is 0.0919. The van der Waals surface area contributed by atoms with Crippen LogP contribution in [0.5, 0.6) is 0 Å². The van der Waals surface area contributed by atoms with Crippen molar-refractivity contribution in [2.45, 2.75) is 98.7 Å². The molecule has 408 valence electrons. The summed E-state index contributed by atoms with van der Waals surface area (Å²) in [5.74, 6) is -2.35. The third-order valence-corrected chi connectivity index (χ3v) is 13.9. The van der Waals surface area contributed by atoms with E-state index in [1.165, 1.54) is 58.3 Å². The molecule has 0 spiro atoms. The van der Waals surface area contributed by atoms with Crippen molar-refractivity contribution in [1.82, 2.24) is 35.1 Å². The van der Waals surface area contributed by atoms with Gasteiger partial charge in [0.15, 0.2) is 22.1 Å². The molecular weight excluding hydrogens is 1190 g/mol. The molecule has 2 atom stereocenters. The molecule has 0 radical (unpaired) electrons. The number of carbonyl (C=O) groups excluding carboxylic acids is 5. The number of rotatable bonds is 6. The number of ether oxygens (including phenoxy) is 3. The second kappa shape index (κ2) is 30.6. The van der Waals surface area contributed by atoms with Gasteiger partial charge in [0, 0.05) is 44.6 Å². The summed E-state index contributed by atoms with van der Waals surface area (Å²) in [5, 5.41) is 42.1. The number of thiazole rings is 4. The fraction of sp³-hybridized carbons (Fsp3) is 0.571. The van der Waals surface area contributed by atoms with E-state index in [0.717, 1.165) is 25.4 Å². The number of halogens is 5. The van der Waals surface area contributed by atoms with Crippen LogP contribution in [0, 0.1) is 27.7 Å². The Morgan fingerprint density at radius 2 is 1.25 bits per heavy atom. The normalized spacial score (nSPS) is 15.3. The van der Waals surface area contributed by atoms with Gasteiger partial charge in [0.2, 0.25) is 0 Å². The standard InChI is InChI=1S/C15H22F3N3O3S.C10H20N2O3.C6H6BrNO2S.C5H4BrNO2S.C5H5NO2S.CO2/c1-9-11(25-12(19-9)15(16,17)18)20-5-6-21(10(7-20)8-22)13(23)24-14(2,3)4;1-10(2,3)15-9(14)12-5-4-11-6-8(12)7-13;1-3-8-4(5(7)11-3)6(9)10-2;1-2-7-3(5(8)9)4(6)10-2;1-3-6-4(2-9-3)5(7)8;2-1-3/h10,22H,5-8H2,1-4H3;8,11,13H,4-7H2,1-3H3;1-2H3;1H3,(H,8,9);2H,1H3,(H,7,8);. The van der Waals surface area contributed by atoms with Crippen molar-refractivity contribution in [3.63, 3.8) is 0 Å². The summed E-state index contributed by atoms with van der Waals surface area (Å²) >= 11 is 11.0. The number of carboxylic acids is 2. The predicted molar refractivity (Wildman–Crippen MR) is 271 cm³/mol. The number of piperazine rings is 2. The number of methoxy groups -OCH3 is 1. The zero-order valence-corrected chi connectivity index (χ0v) is 47.9. The molecule has 31 heteroatoms. The van der Waals surface area contributed by atoms with Gasteiger partial charge in [0.05, 0.1) is 53.1 Å². The number of aromatic carboxylic acids is 2. The molecule has 6 heterocycles. The van der Waals surface area contributed by atoms with Crippen molar-refractivity contribution < 1.29 is 81.4 Å². The minimum absolute atomic E-state index is 0.0355. The van der Waals surface area contributed by atoms with Crippen molar-refractivity contribution >= 4 is 118 Å². The van der Waals surface area contributed by atoms with Crippen molar-refractivity contribution in [3.05, 3.63) is 55.8 Å². The fourth-order valence-corrected chi connectivity index (χ4v) is 10.4. The molecule has 6 rings (SSSR count). The number of hydrogen-bond donors (Lipinski definition) is 5. The molecule has 4 aromatic rings. The Balaban J connectivity index is 0.000000477. The Morgan fingerprint density at radius 3 is 1.59 bits per heavy atom. The van der Waals surface area contributed by atoms with E-state index in [0.29, 0.717) is 51.1 Å². The molecule has 5 N–H and O–H groups in total. The zero-order valence-electron chi connectivity index (χ0n) is 41.4. The van der Waals surface area contributed by atoms with Gasteiger partial charge in [0.25, 0.3) is 0 Å². The number of aliphatic hydroxyl groups excluding tert-OH is 2. The Kier molecular flexibility index (Phi) is 27.8. The van der Waals surface area contributed by atoms with Gasteiger partial charge in [-0.1, -0.05) is 11.3 Å². The number of carbonyl (C=O) groups is 5. The minimum atomic E-state index is -4.48. The van der Waals surface area contributed by atoms with Crippen LogP contribution in [0.3, 0.4) is 0 Å². The molecule has 0 aliphatic carbocycles. The lowest BCUT2D eigenvalue weighted by atomic mass is 10.1. The van der Waals surface area contributed by atoms with Crippen LogP contribution in [0.2, 0.25) is 0 Å². The summed E-state index contributed by atoms with van der Waals surface area (Å²) in [4.78, 5) is 91.5. The highest BCUT2D eigenvalue weighted by Gasteiger charge is 2.39. The first-order valence-electron chi connectivity index (χ1n) is 21.2. The Hall–Kier alpha value is -4.72. The Morgan fingerprint density at radius 1 is 0.753 bits per heavy atom. The lowest BCUT2D eigenvalue weighted by Gasteiger charge is -2.41. The first kappa shape index (κ1) is 66.3.